The summed E-state index contributed by atoms with van der Waals surface area (Å²) in [5, 5.41) is 5.12. The van der Waals surface area contributed by atoms with Gasteiger partial charge in [-0.05, 0) is 30.3 Å². The van der Waals surface area contributed by atoms with E-state index in [-0.39, 0.29) is 18.0 Å². The van der Waals surface area contributed by atoms with Crippen molar-refractivity contribution in [1.82, 2.24) is 15.6 Å². The number of nitrogens with zero attached hydrogens (tertiary/aromatic N) is 1. The first kappa shape index (κ1) is 15.6. The van der Waals surface area contributed by atoms with Crippen LogP contribution in [0.1, 0.15) is 16.1 Å². The van der Waals surface area contributed by atoms with E-state index in [4.69, 9.17) is 0 Å². The summed E-state index contributed by atoms with van der Waals surface area (Å²) in [4.78, 5) is 27.5. The number of hydrogen-bond donors (Lipinski definition) is 2. The molecule has 2 aromatic rings. The van der Waals surface area contributed by atoms with E-state index in [1.54, 1.807) is 6.20 Å². The van der Waals surface area contributed by atoms with E-state index in [1.807, 2.05) is 18.2 Å². The van der Waals surface area contributed by atoms with Crippen LogP contribution in [0.25, 0.3) is 0 Å². The monoisotopic (exact) mass is 301 g/mol. The zero-order valence-corrected chi connectivity index (χ0v) is 11.9. The number of benzene rings is 1. The van der Waals surface area contributed by atoms with Crippen LogP contribution in [0.2, 0.25) is 0 Å². The third-order valence-electron chi connectivity index (χ3n) is 2.93. The largest absolute Gasteiger partial charge is 0.354 e. The molecule has 5 nitrogen and oxygen atoms in total. The molecular formula is C16H16FN3O2. The normalized spacial score (nSPS) is 10.0. The van der Waals surface area contributed by atoms with E-state index in [0.717, 1.165) is 11.8 Å². The molecule has 0 spiro atoms. The molecule has 0 bridgehead atoms. The van der Waals surface area contributed by atoms with Crippen molar-refractivity contribution in [2.24, 2.45) is 0 Å². The number of aromatic nitrogens is 1. The van der Waals surface area contributed by atoms with Gasteiger partial charge in [0.25, 0.3) is 5.91 Å². The average Bonchev–Trinajstić information content (AvgIpc) is 2.53. The number of carbonyl (C=O) groups excluding carboxylic acids is 2. The summed E-state index contributed by atoms with van der Waals surface area (Å²) in [5.74, 6) is -1.28. The number of halogens is 1. The predicted molar refractivity (Wildman–Crippen MR) is 79.7 cm³/mol. The highest BCUT2D eigenvalue weighted by atomic mass is 19.1. The van der Waals surface area contributed by atoms with Crippen LogP contribution in [0.4, 0.5) is 4.39 Å². The summed E-state index contributed by atoms with van der Waals surface area (Å²) in [7, 11) is 0. The Bertz CT molecular complexity index is 647. The minimum Gasteiger partial charge on any atom is -0.354 e. The number of hydrogen-bond acceptors (Lipinski definition) is 3. The molecule has 114 valence electrons. The lowest BCUT2D eigenvalue weighted by Crippen LogP contribution is -2.37. The number of pyridine rings is 1. The molecule has 0 unspecified atom stereocenters. The first-order chi connectivity index (χ1) is 10.6. The molecule has 2 N–H and O–H groups in total. The van der Waals surface area contributed by atoms with Crippen LogP contribution in [0.15, 0.2) is 48.7 Å². The maximum absolute atomic E-state index is 13.0. The van der Waals surface area contributed by atoms with Gasteiger partial charge in [0.15, 0.2) is 0 Å². The fourth-order valence-electron chi connectivity index (χ4n) is 1.83. The molecule has 22 heavy (non-hydrogen) atoms. The second-order valence-corrected chi connectivity index (χ2v) is 4.61. The summed E-state index contributed by atoms with van der Waals surface area (Å²) in [5.41, 5.74) is 1.06. The number of nitrogens with one attached hydrogen (secondary N) is 2. The van der Waals surface area contributed by atoms with E-state index in [0.29, 0.717) is 13.0 Å². The molecule has 1 heterocycles. The number of amides is 2. The first-order valence-electron chi connectivity index (χ1n) is 6.85. The van der Waals surface area contributed by atoms with Gasteiger partial charge in [0.2, 0.25) is 5.91 Å². The van der Waals surface area contributed by atoms with Crippen LogP contribution in [0.3, 0.4) is 0 Å². The van der Waals surface area contributed by atoms with Gasteiger partial charge in [0.05, 0.1) is 6.54 Å². The van der Waals surface area contributed by atoms with E-state index in [1.165, 1.54) is 18.2 Å². The van der Waals surface area contributed by atoms with Crippen molar-refractivity contribution in [3.8, 4) is 0 Å². The zero-order chi connectivity index (χ0) is 15.8. The summed E-state index contributed by atoms with van der Waals surface area (Å²) in [6, 6.07) is 10.9. The number of carbonyl (C=O) groups is 2. The summed E-state index contributed by atoms with van der Waals surface area (Å²) >= 11 is 0. The molecule has 0 saturated heterocycles. The summed E-state index contributed by atoms with van der Waals surface area (Å²) in [6.07, 6.45) is 2.31. The third-order valence-corrected chi connectivity index (χ3v) is 2.93. The standard InChI is InChI=1S/C16H16FN3O2/c17-13-5-3-4-12(10-13)16(22)20-11-15(21)19-9-7-14-6-1-2-8-18-14/h1-6,8,10H,7,9,11H2,(H,19,21)(H,20,22). The Morgan fingerprint density at radius 1 is 1.09 bits per heavy atom. The maximum atomic E-state index is 13.0. The highest BCUT2D eigenvalue weighted by Crippen LogP contribution is 2.02. The maximum Gasteiger partial charge on any atom is 0.251 e. The average molecular weight is 301 g/mol. The predicted octanol–water partition coefficient (Wildman–Crippen LogP) is 1.31. The van der Waals surface area contributed by atoms with Crippen LogP contribution in [0, 0.1) is 5.82 Å². The molecule has 0 atom stereocenters. The quantitative estimate of drug-likeness (QED) is 0.845. The summed E-state index contributed by atoms with van der Waals surface area (Å²) in [6.45, 7) is 0.281. The third kappa shape index (κ3) is 4.97. The Morgan fingerprint density at radius 3 is 2.68 bits per heavy atom. The molecule has 2 amide bonds. The van der Waals surface area contributed by atoms with Crippen molar-refractivity contribution >= 4 is 11.8 Å². The molecule has 0 aliphatic carbocycles. The molecule has 1 aromatic carbocycles. The van der Waals surface area contributed by atoms with E-state index in [2.05, 4.69) is 15.6 Å². The molecule has 0 saturated carbocycles. The van der Waals surface area contributed by atoms with Crippen molar-refractivity contribution in [2.75, 3.05) is 13.1 Å². The Kier molecular flexibility index (Phi) is 5.59. The second kappa shape index (κ2) is 7.87. The Hall–Kier alpha value is -2.76. The lowest BCUT2D eigenvalue weighted by atomic mass is 10.2. The fraction of sp³-hybridized carbons (Fsp3) is 0.188. The van der Waals surface area contributed by atoms with Crippen LogP contribution < -0.4 is 10.6 Å². The van der Waals surface area contributed by atoms with Crippen molar-refractivity contribution < 1.29 is 14.0 Å². The van der Waals surface area contributed by atoms with Crippen molar-refractivity contribution in [1.29, 1.82) is 0 Å². The lowest BCUT2D eigenvalue weighted by Gasteiger charge is -2.07. The second-order valence-electron chi connectivity index (χ2n) is 4.61. The van der Waals surface area contributed by atoms with Gasteiger partial charge in [-0.3, -0.25) is 14.6 Å². The van der Waals surface area contributed by atoms with Crippen LogP contribution >= 0.6 is 0 Å². The molecule has 1 aromatic heterocycles. The molecule has 0 aliphatic rings. The van der Waals surface area contributed by atoms with Crippen molar-refractivity contribution in [2.45, 2.75) is 6.42 Å². The number of rotatable bonds is 6. The van der Waals surface area contributed by atoms with E-state index >= 15 is 0 Å². The van der Waals surface area contributed by atoms with Gasteiger partial charge in [-0.15, -0.1) is 0 Å². The van der Waals surface area contributed by atoms with Gasteiger partial charge in [-0.2, -0.15) is 0 Å². The van der Waals surface area contributed by atoms with Gasteiger partial charge in [-0.25, -0.2) is 4.39 Å². The van der Waals surface area contributed by atoms with Crippen LogP contribution in [-0.4, -0.2) is 29.9 Å². The summed E-state index contributed by atoms with van der Waals surface area (Å²) < 4.78 is 13.0. The van der Waals surface area contributed by atoms with Gasteiger partial charge in [-0.1, -0.05) is 12.1 Å². The van der Waals surface area contributed by atoms with Crippen molar-refractivity contribution in [3.05, 3.63) is 65.7 Å². The topological polar surface area (TPSA) is 71.1 Å². The Balaban J connectivity index is 1.70. The van der Waals surface area contributed by atoms with Gasteiger partial charge in [0, 0.05) is 30.4 Å². The fourth-order valence-corrected chi connectivity index (χ4v) is 1.83. The van der Waals surface area contributed by atoms with E-state index in [9.17, 15) is 14.0 Å². The van der Waals surface area contributed by atoms with Gasteiger partial charge >= 0.3 is 0 Å². The SMILES string of the molecule is O=C(CNC(=O)c1cccc(F)c1)NCCc1ccccn1. The van der Waals surface area contributed by atoms with Crippen molar-refractivity contribution in [3.63, 3.8) is 0 Å². The molecule has 0 fully saturated rings. The molecule has 6 heteroatoms. The first-order valence-corrected chi connectivity index (χ1v) is 6.85. The van der Waals surface area contributed by atoms with Gasteiger partial charge < -0.3 is 10.6 Å². The highest BCUT2D eigenvalue weighted by molar-refractivity contribution is 5.96. The van der Waals surface area contributed by atoms with Gasteiger partial charge in [0.1, 0.15) is 5.82 Å². The molecule has 0 radical (unpaired) electrons. The minimum atomic E-state index is -0.493. The molecule has 0 aliphatic heterocycles. The van der Waals surface area contributed by atoms with Crippen LogP contribution in [-0.2, 0) is 11.2 Å². The Labute approximate surface area is 127 Å². The molecular weight excluding hydrogens is 285 g/mol. The lowest BCUT2D eigenvalue weighted by molar-refractivity contribution is -0.120. The van der Waals surface area contributed by atoms with Crippen LogP contribution in [0.5, 0.6) is 0 Å². The minimum absolute atomic E-state index is 0.155. The van der Waals surface area contributed by atoms with E-state index < -0.39 is 11.7 Å². The zero-order valence-electron chi connectivity index (χ0n) is 11.9. The smallest absolute Gasteiger partial charge is 0.251 e. The molecule has 2 rings (SSSR count). The Morgan fingerprint density at radius 2 is 1.95 bits per heavy atom. The highest BCUT2D eigenvalue weighted by Gasteiger charge is 2.08.